The summed E-state index contributed by atoms with van der Waals surface area (Å²) in [5.74, 6) is -1.41. The summed E-state index contributed by atoms with van der Waals surface area (Å²) in [6, 6.07) is 0. The summed E-state index contributed by atoms with van der Waals surface area (Å²) in [7, 11) is 0. The molecule has 1 aliphatic carbocycles. The van der Waals surface area contributed by atoms with E-state index >= 15 is 0 Å². The van der Waals surface area contributed by atoms with Crippen LogP contribution < -0.4 is 0 Å². The third kappa shape index (κ3) is 0.974. The van der Waals surface area contributed by atoms with Crippen LogP contribution in [0.15, 0.2) is 23.9 Å². The number of hydrogen-bond donors (Lipinski definition) is 0. The fourth-order valence-corrected chi connectivity index (χ4v) is 2.06. The number of alkyl halides is 1. The van der Waals surface area contributed by atoms with Gasteiger partial charge >= 0.3 is 5.91 Å². The molecule has 1 saturated heterocycles. The van der Waals surface area contributed by atoms with Crippen LogP contribution in [0.5, 0.6) is 0 Å². The lowest BCUT2D eigenvalue weighted by atomic mass is 9.95. The van der Waals surface area contributed by atoms with Crippen molar-refractivity contribution in [3.63, 3.8) is 0 Å². The van der Waals surface area contributed by atoms with Gasteiger partial charge < -0.3 is 0 Å². The van der Waals surface area contributed by atoms with Gasteiger partial charge in [0.25, 0.3) is 0 Å². The van der Waals surface area contributed by atoms with Gasteiger partial charge in [-0.15, -0.1) is 11.6 Å². The van der Waals surface area contributed by atoms with Crippen molar-refractivity contribution in [2.75, 3.05) is 0 Å². The van der Waals surface area contributed by atoms with Crippen molar-refractivity contribution in [3.8, 4) is 0 Å². The monoisotopic (exact) mass is 217 g/mol. The molecule has 3 nitrogen and oxygen atoms in total. The number of fused-ring (bicyclic) bond motifs is 1. The van der Waals surface area contributed by atoms with Crippen LogP contribution in [-0.4, -0.2) is 21.0 Å². The van der Waals surface area contributed by atoms with Crippen molar-refractivity contribution in [1.82, 2.24) is 4.42 Å². The molecule has 1 atom stereocenters. The lowest BCUT2D eigenvalue weighted by molar-refractivity contribution is -0.138. The number of nitrogens with zero attached hydrogens (tertiary/aromatic N) is 1. The summed E-state index contributed by atoms with van der Waals surface area (Å²) < 4.78 is 0.791. The first-order chi connectivity index (χ1) is 6.07. The van der Waals surface area contributed by atoms with Crippen molar-refractivity contribution in [2.45, 2.75) is 11.3 Å². The Hall–Kier alpha value is -0.800. The SMILES string of the molecule is O=C1C(=O)C2(Cl)CC=CC=C2N1Cl. The molecular weight excluding hydrogens is 213 g/mol. The van der Waals surface area contributed by atoms with Gasteiger partial charge in [-0.2, -0.15) is 0 Å². The molecule has 0 radical (unpaired) electrons. The van der Waals surface area contributed by atoms with Crippen LogP contribution in [0.1, 0.15) is 6.42 Å². The first-order valence-corrected chi connectivity index (χ1v) is 4.40. The highest BCUT2D eigenvalue weighted by molar-refractivity contribution is 6.59. The van der Waals surface area contributed by atoms with Gasteiger partial charge in [-0.3, -0.25) is 9.59 Å². The molecule has 0 aromatic heterocycles. The van der Waals surface area contributed by atoms with Crippen LogP contribution in [-0.2, 0) is 9.59 Å². The molecule has 0 N–H and O–H groups in total. The lowest BCUT2D eigenvalue weighted by Gasteiger charge is -2.21. The van der Waals surface area contributed by atoms with Crippen LogP contribution >= 0.6 is 23.4 Å². The number of hydrogen-bond acceptors (Lipinski definition) is 2. The molecule has 1 amide bonds. The van der Waals surface area contributed by atoms with E-state index in [9.17, 15) is 9.59 Å². The van der Waals surface area contributed by atoms with Crippen LogP contribution in [0.3, 0.4) is 0 Å². The van der Waals surface area contributed by atoms with Gasteiger partial charge in [-0.1, -0.05) is 12.2 Å². The summed E-state index contributed by atoms with van der Waals surface area (Å²) in [6.07, 6.45) is 5.34. The third-order valence-corrected chi connectivity index (χ3v) is 2.99. The molecule has 0 aromatic carbocycles. The molecule has 0 spiro atoms. The Balaban J connectivity index is 2.56. The van der Waals surface area contributed by atoms with E-state index in [2.05, 4.69) is 0 Å². The molecule has 13 heavy (non-hydrogen) atoms. The molecule has 1 fully saturated rings. The smallest absolute Gasteiger partial charge is 0.286 e. The van der Waals surface area contributed by atoms with Crippen molar-refractivity contribution in [2.24, 2.45) is 0 Å². The van der Waals surface area contributed by atoms with Crippen molar-refractivity contribution in [3.05, 3.63) is 23.9 Å². The fourth-order valence-electron chi connectivity index (χ4n) is 1.42. The quantitative estimate of drug-likeness (QED) is 0.350. The number of halogens is 2. The van der Waals surface area contributed by atoms with Crippen LogP contribution in [0, 0.1) is 0 Å². The van der Waals surface area contributed by atoms with Crippen LogP contribution in [0.4, 0.5) is 0 Å². The second-order valence-electron chi connectivity index (χ2n) is 2.90. The van der Waals surface area contributed by atoms with E-state index in [0.717, 1.165) is 4.42 Å². The zero-order valence-electron chi connectivity index (χ0n) is 6.46. The highest BCUT2D eigenvalue weighted by Crippen LogP contribution is 2.42. The average Bonchev–Trinajstić information content (AvgIpc) is 2.29. The Kier molecular flexibility index (Phi) is 1.75. The molecule has 0 bridgehead atoms. The van der Waals surface area contributed by atoms with Gasteiger partial charge in [0.15, 0.2) is 4.87 Å². The van der Waals surface area contributed by atoms with E-state index in [4.69, 9.17) is 23.4 Å². The van der Waals surface area contributed by atoms with Gasteiger partial charge in [0, 0.05) is 11.8 Å². The second-order valence-corrected chi connectivity index (χ2v) is 3.88. The zero-order valence-corrected chi connectivity index (χ0v) is 7.97. The first kappa shape index (κ1) is 8.78. The molecule has 0 aromatic rings. The average molecular weight is 218 g/mol. The van der Waals surface area contributed by atoms with Gasteiger partial charge in [0.2, 0.25) is 5.78 Å². The number of Topliss-reactive ketones (excluding diaryl/α,β-unsaturated/α-hetero) is 1. The maximum Gasteiger partial charge on any atom is 0.311 e. The Morgan fingerprint density at radius 2 is 2.15 bits per heavy atom. The normalized spacial score (nSPS) is 32.2. The largest absolute Gasteiger partial charge is 0.311 e. The Morgan fingerprint density at radius 3 is 2.77 bits per heavy atom. The predicted octanol–water partition coefficient (Wildman–Crippen LogP) is 1.37. The van der Waals surface area contributed by atoms with E-state index in [1.807, 2.05) is 0 Å². The fraction of sp³-hybridized carbons (Fsp3) is 0.250. The summed E-state index contributed by atoms with van der Waals surface area (Å²) in [6.45, 7) is 0. The Morgan fingerprint density at radius 1 is 1.46 bits per heavy atom. The van der Waals surface area contributed by atoms with Crippen molar-refractivity contribution in [1.29, 1.82) is 0 Å². The van der Waals surface area contributed by atoms with Crippen LogP contribution in [0.2, 0.25) is 0 Å². The molecule has 68 valence electrons. The van der Waals surface area contributed by atoms with Gasteiger partial charge in [-0.25, -0.2) is 4.42 Å². The van der Waals surface area contributed by atoms with Gasteiger partial charge in [0.05, 0.1) is 5.70 Å². The van der Waals surface area contributed by atoms with Crippen molar-refractivity contribution < 1.29 is 9.59 Å². The molecule has 2 rings (SSSR count). The minimum absolute atomic E-state index is 0.314. The molecular formula is C8H5Cl2NO2. The van der Waals surface area contributed by atoms with Gasteiger partial charge in [-0.05, 0) is 12.5 Å². The maximum absolute atomic E-state index is 11.4. The highest BCUT2D eigenvalue weighted by atomic mass is 35.5. The Bertz CT molecular complexity index is 361. The van der Waals surface area contributed by atoms with Crippen LogP contribution in [0.25, 0.3) is 0 Å². The minimum atomic E-state index is -1.26. The number of carbonyl (C=O) groups is 2. The minimum Gasteiger partial charge on any atom is -0.286 e. The lowest BCUT2D eigenvalue weighted by Crippen LogP contribution is -2.31. The van der Waals surface area contributed by atoms with E-state index in [1.54, 1.807) is 18.2 Å². The number of carbonyl (C=O) groups excluding carboxylic acids is 2. The summed E-state index contributed by atoms with van der Waals surface area (Å²) >= 11 is 11.6. The molecule has 0 saturated carbocycles. The first-order valence-electron chi connectivity index (χ1n) is 3.68. The van der Waals surface area contributed by atoms with E-state index < -0.39 is 16.6 Å². The number of amides is 1. The molecule has 5 heteroatoms. The molecule has 2 aliphatic rings. The number of ketones is 1. The van der Waals surface area contributed by atoms with E-state index in [1.165, 1.54) is 0 Å². The predicted molar refractivity (Wildman–Crippen MR) is 48.1 cm³/mol. The number of rotatable bonds is 0. The highest BCUT2D eigenvalue weighted by Gasteiger charge is 2.54. The summed E-state index contributed by atoms with van der Waals surface area (Å²) in [5, 5.41) is 0. The standard InChI is InChI=1S/C8H5Cl2NO2/c9-8-4-2-1-3-5(8)11(10)7(13)6(8)12/h1-3H,4H2. The summed E-state index contributed by atoms with van der Waals surface area (Å²) in [4.78, 5) is 21.3. The van der Waals surface area contributed by atoms with Gasteiger partial charge in [0.1, 0.15) is 0 Å². The topological polar surface area (TPSA) is 37.4 Å². The summed E-state index contributed by atoms with van der Waals surface area (Å²) in [5.41, 5.74) is 0.355. The van der Waals surface area contributed by atoms with E-state index in [0.29, 0.717) is 12.1 Å². The Labute approximate surface area is 84.7 Å². The number of allylic oxidation sites excluding steroid dienone is 4. The molecule has 1 unspecified atom stereocenters. The van der Waals surface area contributed by atoms with Crippen molar-refractivity contribution >= 4 is 35.1 Å². The second kappa shape index (κ2) is 2.59. The zero-order chi connectivity index (χ0) is 9.64. The maximum atomic E-state index is 11.4. The molecule has 1 aliphatic heterocycles. The van der Waals surface area contributed by atoms with E-state index in [-0.39, 0.29) is 0 Å². The third-order valence-electron chi connectivity index (χ3n) is 2.14. The molecule has 1 heterocycles.